The van der Waals surface area contributed by atoms with Gasteiger partial charge in [-0.3, -0.25) is 15.0 Å². The fraction of sp³-hybridized carbons (Fsp3) is 0.375. The van der Waals surface area contributed by atoms with Crippen LogP contribution in [-0.2, 0) is 0 Å². The number of non-ortho nitro benzene ring substituents is 1. The van der Waals surface area contributed by atoms with E-state index in [4.69, 9.17) is 0 Å². The van der Waals surface area contributed by atoms with Crippen LogP contribution >= 0.6 is 11.3 Å². The lowest BCUT2D eigenvalue weighted by Gasteiger charge is -2.34. The number of nitrogens with zero attached hydrogens (tertiary/aromatic N) is 5. The maximum atomic E-state index is 11.2. The van der Waals surface area contributed by atoms with Crippen molar-refractivity contribution in [2.45, 2.75) is 25.3 Å². The van der Waals surface area contributed by atoms with Crippen molar-refractivity contribution in [3.05, 3.63) is 51.1 Å². The molecule has 8 nitrogen and oxygen atoms in total. The SMILES string of the molecule is O=[N+]([O-])c1cccc(C(c2sc3ncnn3c2O)N2CCCCC2)c1. The average molecular weight is 359 g/mol. The Morgan fingerprint density at radius 3 is 2.80 bits per heavy atom. The van der Waals surface area contributed by atoms with Gasteiger partial charge < -0.3 is 5.11 Å². The number of hydrogen-bond donors (Lipinski definition) is 1. The number of fused-ring (bicyclic) bond motifs is 1. The molecular formula is C16H17N5O3S. The maximum absolute atomic E-state index is 11.2. The topological polar surface area (TPSA) is 96.8 Å². The van der Waals surface area contributed by atoms with Gasteiger partial charge in [-0.1, -0.05) is 29.9 Å². The highest BCUT2D eigenvalue weighted by Gasteiger charge is 2.30. The summed E-state index contributed by atoms with van der Waals surface area (Å²) in [5, 5.41) is 25.9. The number of benzene rings is 1. The van der Waals surface area contributed by atoms with E-state index in [1.165, 1.54) is 34.7 Å². The fourth-order valence-corrected chi connectivity index (χ4v) is 4.48. The molecule has 25 heavy (non-hydrogen) atoms. The lowest BCUT2D eigenvalue weighted by Crippen LogP contribution is -2.34. The molecule has 4 rings (SSSR count). The fourth-order valence-electron chi connectivity index (χ4n) is 3.39. The van der Waals surface area contributed by atoms with Crippen LogP contribution in [0, 0.1) is 10.1 Å². The quantitative estimate of drug-likeness (QED) is 0.568. The van der Waals surface area contributed by atoms with Gasteiger partial charge in [0.05, 0.1) is 15.8 Å². The summed E-state index contributed by atoms with van der Waals surface area (Å²) in [5.41, 5.74) is 0.856. The summed E-state index contributed by atoms with van der Waals surface area (Å²) in [6.07, 6.45) is 4.73. The molecular weight excluding hydrogens is 342 g/mol. The molecule has 0 amide bonds. The van der Waals surface area contributed by atoms with Crippen molar-refractivity contribution in [1.82, 2.24) is 19.5 Å². The number of likely N-dealkylation sites (tertiary alicyclic amines) is 1. The van der Waals surface area contributed by atoms with Crippen molar-refractivity contribution >= 4 is 22.0 Å². The zero-order chi connectivity index (χ0) is 17.4. The molecule has 0 radical (unpaired) electrons. The number of nitro groups is 1. The largest absolute Gasteiger partial charge is 0.492 e. The molecule has 3 aromatic rings. The Balaban J connectivity index is 1.84. The molecule has 0 bridgehead atoms. The van der Waals surface area contributed by atoms with Gasteiger partial charge in [-0.25, -0.2) is 4.98 Å². The number of rotatable bonds is 4. The number of aromatic nitrogens is 3. The predicted octanol–water partition coefficient (Wildman–Crippen LogP) is 2.98. The van der Waals surface area contributed by atoms with Gasteiger partial charge in [0.1, 0.15) is 6.33 Å². The first-order chi connectivity index (χ1) is 12.1. The van der Waals surface area contributed by atoms with E-state index in [1.807, 2.05) is 6.07 Å². The molecule has 0 saturated carbocycles. The van der Waals surface area contributed by atoms with Crippen LogP contribution in [-0.4, -0.2) is 42.6 Å². The zero-order valence-corrected chi connectivity index (χ0v) is 14.2. The van der Waals surface area contributed by atoms with Gasteiger partial charge in [0.2, 0.25) is 10.8 Å². The van der Waals surface area contributed by atoms with Crippen LogP contribution in [0.5, 0.6) is 5.88 Å². The lowest BCUT2D eigenvalue weighted by atomic mass is 10.00. The van der Waals surface area contributed by atoms with Crippen molar-refractivity contribution < 1.29 is 10.0 Å². The lowest BCUT2D eigenvalue weighted by molar-refractivity contribution is -0.384. The molecule has 1 fully saturated rings. The number of aromatic hydroxyl groups is 1. The van der Waals surface area contributed by atoms with E-state index in [9.17, 15) is 15.2 Å². The first kappa shape index (κ1) is 16.0. The van der Waals surface area contributed by atoms with Crippen molar-refractivity contribution in [1.29, 1.82) is 0 Å². The second kappa shape index (κ2) is 6.41. The van der Waals surface area contributed by atoms with E-state index in [0.29, 0.717) is 4.96 Å². The van der Waals surface area contributed by atoms with E-state index in [0.717, 1.165) is 36.4 Å². The van der Waals surface area contributed by atoms with E-state index < -0.39 is 0 Å². The van der Waals surface area contributed by atoms with Crippen molar-refractivity contribution in [2.75, 3.05) is 13.1 Å². The molecule has 1 aliphatic heterocycles. The van der Waals surface area contributed by atoms with Crippen LogP contribution in [0.4, 0.5) is 5.69 Å². The molecule has 1 atom stereocenters. The molecule has 1 unspecified atom stereocenters. The third-order valence-corrected chi connectivity index (χ3v) is 5.63. The summed E-state index contributed by atoms with van der Waals surface area (Å²) in [4.78, 5) is 18.5. The molecule has 9 heteroatoms. The minimum Gasteiger partial charge on any atom is -0.492 e. The standard InChI is InChI=1S/C16H17N5O3S/c22-15-14(25-16-17-10-18-20(15)16)13(19-7-2-1-3-8-19)11-5-4-6-12(9-11)21(23)24/h4-6,9-10,13,22H,1-3,7-8H2. The van der Waals surface area contributed by atoms with Crippen LogP contribution in [0.25, 0.3) is 4.96 Å². The van der Waals surface area contributed by atoms with E-state index in [2.05, 4.69) is 15.0 Å². The van der Waals surface area contributed by atoms with Crippen molar-refractivity contribution in [3.8, 4) is 5.88 Å². The number of nitro benzene ring substituents is 1. The molecule has 2 aromatic heterocycles. The minimum absolute atomic E-state index is 0.0541. The summed E-state index contributed by atoms with van der Waals surface area (Å²) < 4.78 is 1.41. The average Bonchev–Trinajstić information content (AvgIpc) is 3.20. The smallest absolute Gasteiger partial charge is 0.269 e. The summed E-state index contributed by atoms with van der Waals surface area (Å²) in [7, 11) is 0. The summed E-state index contributed by atoms with van der Waals surface area (Å²) in [5.74, 6) is 0.0552. The Morgan fingerprint density at radius 2 is 2.08 bits per heavy atom. The monoisotopic (exact) mass is 359 g/mol. The maximum Gasteiger partial charge on any atom is 0.269 e. The Kier molecular flexibility index (Phi) is 4.10. The first-order valence-electron chi connectivity index (χ1n) is 8.15. The van der Waals surface area contributed by atoms with Crippen LogP contribution in [0.1, 0.15) is 35.7 Å². The van der Waals surface area contributed by atoms with Gasteiger partial charge in [0, 0.05) is 12.1 Å². The van der Waals surface area contributed by atoms with E-state index >= 15 is 0 Å². The molecule has 1 aromatic carbocycles. The molecule has 1 N–H and O–H groups in total. The van der Waals surface area contributed by atoms with Gasteiger partial charge >= 0.3 is 0 Å². The number of thiazole rings is 1. The highest BCUT2D eigenvalue weighted by molar-refractivity contribution is 7.17. The third kappa shape index (κ3) is 2.85. The van der Waals surface area contributed by atoms with E-state index in [-0.39, 0.29) is 22.5 Å². The van der Waals surface area contributed by atoms with Crippen LogP contribution in [0.2, 0.25) is 0 Å². The van der Waals surface area contributed by atoms with Crippen molar-refractivity contribution in [3.63, 3.8) is 0 Å². The molecule has 1 aliphatic rings. The zero-order valence-electron chi connectivity index (χ0n) is 13.4. The molecule has 3 heterocycles. The normalized spacial score (nSPS) is 17.0. The predicted molar refractivity (Wildman–Crippen MR) is 92.9 cm³/mol. The molecule has 130 valence electrons. The number of piperidine rings is 1. The van der Waals surface area contributed by atoms with Gasteiger partial charge in [0.25, 0.3) is 5.69 Å². The Bertz CT molecular complexity index is 916. The Hall–Kier alpha value is -2.52. The first-order valence-corrected chi connectivity index (χ1v) is 8.96. The molecule has 0 spiro atoms. The van der Waals surface area contributed by atoms with Gasteiger partial charge in [-0.05, 0) is 31.5 Å². The summed E-state index contributed by atoms with van der Waals surface area (Å²) >= 11 is 1.37. The van der Waals surface area contributed by atoms with E-state index in [1.54, 1.807) is 12.1 Å². The summed E-state index contributed by atoms with van der Waals surface area (Å²) in [6, 6.07) is 6.40. The number of hydrogen-bond acceptors (Lipinski definition) is 7. The molecule has 1 saturated heterocycles. The second-order valence-electron chi connectivity index (χ2n) is 6.10. The van der Waals surface area contributed by atoms with Gasteiger partial charge in [-0.15, -0.1) is 0 Å². The van der Waals surface area contributed by atoms with Gasteiger partial charge in [-0.2, -0.15) is 9.61 Å². The highest BCUT2D eigenvalue weighted by Crippen LogP contribution is 2.41. The van der Waals surface area contributed by atoms with Crippen LogP contribution in [0.15, 0.2) is 30.6 Å². The minimum atomic E-state index is -0.389. The Labute approximate surface area is 147 Å². The Morgan fingerprint density at radius 1 is 1.28 bits per heavy atom. The van der Waals surface area contributed by atoms with Gasteiger partial charge in [0.15, 0.2) is 0 Å². The third-order valence-electron chi connectivity index (χ3n) is 4.54. The summed E-state index contributed by atoms with van der Waals surface area (Å²) in [6.45, 7) is 1.78. The molecule has 0 aliphatic carbocycles. The highest BCUT2D eigenvalue weighted by atomic mass is 32.1. The van der Waals surface area contributed by atoms with Crippen LogP contribution < -0.4 is 0 Å². The van der Waals surface area contributed by atoms with Crippen molar-refractivity contribution in [2.24, 2.45) is 0 Å². The van der Waals surface area contributed by atoms with Crippen LogP contribution in [0.3, 0.4) is 0 Å². The second-order valence-corrected chi connectivity index (χ2v) is 7.10.